The van der Waals surface area contributed by atoms with Crippen LogP contribution in [0.2, 0.25) is 0 Å². The summed E-state index contributed by atoms with van der Waals surface area (Å²) < 4.78 is 5.51. The number of nitrogens with zero attached hydrogens (tertiary/aromatic N) is 1. The van der Waals surface area contributed by atoms with E-state index in [1.54, 1.807) is 11.0 Å². The second kappa shape index (κ2) is 18.5. The lowest BCUT2D eigenvalue weighted by atomic mass is 9.98. The Balaban J connectivity index is 2.05. The van der Waals surface area contributed by atoms with Gasteiger partial charge in [-0.15, -0.1) is 13.2 Å². The third-order valence-electron chi connectivity index (χ3n) is 6.34. The molecule has 39 heavy (non-hydrogen) atoms. The molecule has 210 valence electrons. The molecule has 0 spiro atoms. The Labute approximate surface area is 232 Å². The summed E-state index contributed by atoms with van der Waals surface area (Å²) in [6.07, 6.45) is 6.99. The third-order valence-corrected chi connectivity index (χ3v) is 6.34. The minimum absolute atomic E-state index is 0.0220. The monoisotopic (exact) mass is 534 g/mol. The lowest BCUT2D eigenvalue weighted by Crippen LogP contribution is -2.44. The summed E-state index contributed by atoms with van der Waals surface area (Å²) in [6.45, 7) is 7.85. The number of rotatable bonds is 19. The summed E-state index contributed by atoms with van der Waals surface area (Å²) in [5.74, 6) is -1.46. The number of esters is 1. The van der Waals surface area contributed by atoms with Gasteiger partial charge in [-0.05, 0) is 43.2 Å². The third kappa shape index (κ3) is 12.6. The topological polar surface area (TPSA) is 95.9 Å². The zero-order valence-corrected chi connectivity index (χ0v) is 22.8. The molecule has 7 heteroatoms. The summed E-state index contributed by atoms with van der Waals surface area (Å²) in [6, 6.07) is 18.7. The molecule has 2 aromatic rings. The van der Waals surface area contributed by atoms with Gasteiger partial charge in [0, 0.05) is 25.9 Å². The SMILES string of the molecule is C=CCCCCC(=O)OCC(Cc1ccccc1)NC(=O)C(CC=C)CC(=O)N(CCO)Cc1ccccc1. The first-order valence-electron chi connectivity index (χ1n) is 13.6. The van der Waals surface area contributed by atoms with E-state index in [0.29, 0.717) is 25.8 Å². The molecule has 7 nitrogen and oxygen atoms in total. The van der Waals surface area contributed by atoms with Gasteiger partial charge in [-0.25, -0.2) is 0 Å². The number of amides is 2. The van der Waals surface area contributed by atoms with E-state index in [1.165, 1.54) is 0 Å². The van der Waals surface area contributed by atoms with Gasteiger partial charge >= 0.3 is 5.97 Å². The zero-order valence-electron chi connectivity index (χ0n) is 22.8. The molecule has 2 amide bonds. The number of hydrogen-bond donors (Lipinski definition) is 2. The number of unbranched alkanes of at least 4 members (excludes halogenated alkanes) is 2. The number of nitrogens with one attached hydrogen (secondary N) is 1. The van der Waals surface area contributed by atoms with Gasteiger partial charge in [-0.3, -0.25) is 14.4 Å². The maximum atomic E-state index is 13.4. The largest absolute Gasteiger partial charge is 0.463 e. The minimum Gasteiger partial charge on any atom is -0.463 e. The molecule has 0 aliphatic heterocycles. The molecule has 2 rings (SSSR count). The van der Waals surface area contributed by atoms with Crippen molar-refractivity contribution in [3.8, 4) is 0 Å². The first-order valence-corrected chi connectivity index (χ1v) is 13.6. The number of benzene rings is 2. The quantitative estimate of drug-likeness (QED) is 0.156. The molecule has 0 saturated carbocycles. The van der Waals surface area contributed by atoms with Crippen molar-refractivity contribution in [1.29, 1.82) is 0 Å². The molecule has 0 aromatic heterocycles. The van der Waals surface area contributed by atoms with Crippen LogP contribution in [0, 0.1) is 5.92 Å². The van der Waals surface area contributed by atoms with E-state index in [2.05, 4.69) is 18.5 Å². The van der Waals surface area contributed by atoms with Gasteiger partial charge in [0.2, 0.25) is 11.8 Å². The van der Waals surface area contributed by atoms with Crippen molar-refractivity contribution in [2.75, 3.05) is 19.8 Å². The molecule has 0 fully saturated rings. The summed E-state index contributed by atoms with van der Waals surface area (Å²) >= 11 is 0. The Bertz CT molecular complexity index is 1030. The number of allylic oxidation sites excluding steroid dienone is 2. The smallest absolute Gasteiger partial charge is 0.305 e. The number of carbonyl (C=O) groups is 3. The minimum atomic E-state index is -0.639. The van der Waals surface area contributed by atoms with Gasteiger partial charge in [0.25, 0.3) is 0 Å². The van der Waals surface area contributed by atoms with Crippen LogP contribution in [0.5, 0.6) is 0 Å². The van der Waals surface area contributed by atoms with Crippen LogP contribution in [0.4, 0.5) is 0 Å². The number of ether oxygens (including phenoxy) is 1. The van der Waals surface area contributed by atoms with Crippen molar-refractivity contribution in [2.45, 2.75) is 57.5 Å². The van der Waals surface area contributed by atoms with Crippen LogP contribution < -0.4 is 5.32 Å². The van der Waals surface area contributed by atoms with Crippen LogP contribution in [-0.4, -0.2) is 53.6 Å². The molecule has 0 aliphatic carbocycles. The molecule has 0 bridgehead atoms. The van der Waals surface area contributed by atoms with Crippen LogP contribution in [0.1, 0.15) is 49.7 Å². The Hall–Kier alpha value is -3.71. The molecule has 2 N–H and O–H groups in total. The molecule has 0 saturated heterocycles. The van der Waals surface area contributed by atoms with Crippen molar-refractivity contribution < 1.29 is 24.2 Å². The van der Waals surface area contributed by atoms with Crippen LogP contribution in [-0.2, 0) is 32.1 Å². The van der Waals surface area contributed by atoms with Gasteiger partial charge < -0.3 is 20.1 Å². The molecule has 2 unspecified atom stereocenters. The van der Waals surface area contributed by atoms with Crippen molar-refractivity contribution in [1.82, 2.24) is 10.2 Å². The van der Waals surface area contributed by atoms with E-state index < -0.39 is 12.0 Å². The predicted octanol–water partition coefficient (Wildman–Crippen LogP) is 4.61. The number of aliphatic hydroxyl groups excluding tert-OH is 1. The van der Waals surface area contributed by atoms with E-state index in [4.69, 9.17) is 4.74 Å². The van der Waals surface area contributed by atoms with Crippen LogP contribution in [0.3, 0.4) is 0 Å². The van der Waals surface area contributed by atoms with Gasteiger partial charge in [-0.1, -0.05) is 72.8 Å². The van der Waals surface area contributed by atoms with Crippen LogP contribution in [0.15, 0.2) is 86.0 Å². The molecule has 2 aromatic carbocycles. The highest BCUT2D eigenvalue weighted by atomic mass is 16.5. The number of carbonyl (C=O) groups excluding carboxylic acids is 3. The maximum Gasteiger partial charge on any atom is 0.305 e. The fourth-order valence-corrected chi connectivity index (χ4v) is 4.23. The highest BCUT2D eigenvalue weighted by Crippen LogP contribution is 2.16. The van der Waals surface area contributed by atoms with E-state index in [1.807, 2.05) is 66.7 Å². The van der Waals surface area contributed by atoms with Gasteiger partial charge in [0.15, 0.2) is 0 Å². The average Bonchev–Trinajstić information content (AvgIpc) is 2.94. The molecule has 0 heterocycles. The molecular weight excluding hydrogens is 492 g/mol. The summed E-state index contributed by atoms with van der Waals surface area (Å²) in [5, 5.41) is 12.5. The normalized spacial score (nSPS) is 12.1. The van der Waals surface area contributed by atoms with Crippen LogP contribution in [0.25, 0.3) is 0 Å². The van der Waals surface area contributed by atoms with Crippen molar-refractivity contribution in [3.63, 3.8) is 0 Å². The Morgan fingerprint density at radius 3 is 2.23 bits per heavy atom. The maximum absolute atomic E-state index is 13.4. The van der Waals surface area contributed by atoms with E-state index in [-0.39, 0.29) is 44.0 Å². The lowest BCUT2D eigenvalue weighted by Gasteiger charge is -2.26. The zero-order chi connectivity index (χ0) is 28.3. The Kier molecular flexibility index (Phi) is 15.0. The van der Waals surface area contributed by atoms with E-state index in [9.17, 15) is 19.5 Å². The highest BCUT2D eigenvalue weighted by molar-refractivity contribution is 5.86. The van der Waals surface area contributed by atoms with Crippen molar-refractivity contribution in [3.05, 3.63) is 97.1 Å². The summed E-state index contributed by atoms with van der Waals surface area (Å²) in [7, 11) is 0. The van der Waals surface area contributed by atoms with E-state index in [0.717, 1.165) is 30.4 Å². The second-order valence-electron chi connectivity index (χ2n) is 9.56. The Morgan fingerprint density at radius 2 is 1.62 bits per heavy atom. The fraction of sp³-hybridized carbons (Fsp3) is 0.406. The fourth-order valence-electron chi connectivity index (χ4n) is 4.23. The number of aliphatic hydroxyl groups is 1. The average molecular weight is 535 g/mol. The van der Waals surface area contributed by atoms with E-state index >= 15 is 0 Å². The Morgan fingerprint density at radius 1 is 0.949 bits per heavy atom. The standard InChI is InChI=1S/C32H42N2O5/c1-3-5-6-13-19-31(37)39-25-29(22-26-15-9-7-10-16-26)33-32(38)28(14-4-2)23-30(36)34(20-21-35)24-27-17-11-8-12-18-27/h3-4,7-12,15-18,28-29,35H,1-2,5-6,13-14,19-25H2,(H,33,38). The lowest BCUT2D eigenvalue weighted by molar-refractivity contribution is -0.145. The first kappa shape index (κ1) is 31.5. The van der Waals surface area contributed by atoms with Gasteiger partial charge in [0.1, 0.15) is 6.61 Å². The van der Waals surface area contributed by atoms with Crippen LogP contribution >= 0.6 is 0 Å². The van der Waals surface area contributed by atoms with Gasteiger partial charge in [0.05, 0.1) is 18.6 Å². The molecule has 0 aliphatic rings. The second-order valence-corrected chi connectivity index (χ2v) is 9.56. The van der Waals surface area contributed by atoms with Crippen molar-refractivity contribution >= 4 is 17.8 Å². The number of hydrogen-bond acceptors (Lipinski definition) is 5. The summed E-state index contributed by atoms with van der Waals surface area (Å²) in [4.78, 5) is 40.4. The van der Waals surface area contributed by atoms with Crippen molar-refractivity contribution in [2.24, 2.45) is 5.92 Å². The first-order chi connectivity index (χ1) is 19.0. The highest BCUT2D eigenvalue weighted by Gasteiger charge is 2.26. The predicted molar refractivity (Wildman–Crippen MR) is 154 cm³/mol. The summed E-state index contributed by atoms with van der Waals surface area (Å²) in [5.41, 5.74) is 1.94. The molecule has 2 atom stereocenters. The van der Waals surface area contributed by atoms with Gasteiger partial charge in [-0.2, -0.15) is 0 Å². The molecular formula is C32H42N2O5. The molecule has 0 radical (unpaired) electrons.